The highest BCUT2D eigenvalue weighted by atomic mass is 32.1. The predicted molar refractivity (Wildman–Crippen MR) is 123 cm³/mol. The fourth-order valence-electron chi connectivity index (χ4n) is 4.62. The molecule has 32 heavy (non-hydrogen) atoms. The van der Waals surface area contributed by atoms with Crippen LogP contribution in [0, 0.1) is 11.8 Å². The maximum atomic E-state index is 8.36. The lowest BCUT2D eigenvalue weighted by molar-refractivity contribution is -0.123. The molecular formula is C22H35N5O4S. The number of aryl methyl sites for hydroxylation is 1. The highest BCUT2D eigenvalue weighted by Crippen LogP contribution is 2.33. The average molecular weight is 466 g/mol. The van der Waals surface area contributed by atoms with Crippen LogP contribution in [0.3, 0.4) is 0 Å². The molecule has 0 unspecified atom stereocenters. The zero-order valence-corrected chi connectivity index (χ0v) is 19.6. The minimum atomic E-state index is -0.250. The number of carbonyl (C=O) groups is 2. The molecular weight excluding hydrogens is 430 g/mol. The van der Waals surface area contributed by atoms with Crippen molar-refractivity contribution in [3.63, 3.8) is 0 Å². The number of hydrogen-bond donors (Lipinski definition) is 2. The third-order valence-corrected chi connectivity index (χ3v) is 6.86. The van der Waals surface area contributed by atoms with Gasteiger partial charge in [-0.2, -0.15) is 5.10 Å². The number of rotatable bonds is 6. The van der Waals surface area contributed by atoms with E-state index in [-0.39, 0.29) is 12.9 Å². The summed E-state index contributed by atoms with van der Waals surface area (Å²) in [6.45, 7) is 9.71. The van der Waals surface area contributed by atoms with E-state index in [0.717, 1.165) is 31.5 Å². The lowest BCUT2D eigenvalue weighted by Crippen LogP contribution is -2.40. The van der Waals surface area contributed by atoms with Gasteiger partial charge in [0.05, 0.1) is 5.69 Å². The molecule has 2 aromatic rings. The molecule has 178 valence electrons. The first-order chi connectivity index (χ1) is 15.6. The minimum absolute atomic E-state index is 0.250. The summed E-state index contributed by atoms with van der Waals surface area (Å²) in [5.74, 6) is 1.87. The molecule has 2 saturated heterocycles. The first-order valence-corrected chi connectivity index (χ1v) is 12.0. The highest BCUT2D eigenvalue weighted by Gasteiger charge is 2.29. The number of likely N-dealkylation sites (tertiary alicyclic amines) is 2. The highest BCUT2D eigenvalue weighted by molar-refractivity contribution is 7.03. The molecule has 4 heterocycles. The van der Waals surface area contributed by atoms with Gasteiger partial charge in [-0.05, 0) is 93.8 Å². The van der Waals surface area contributed by atoms with Gasteiger partial charge >= 0.3 is 0 Å². The molecule has 0 spiro atoms. The van der Waals surface area contributed by atoms with Gasteiger partial charge in [-0.15, -0.1) is 0 Å². The van der Waals surface area contributed by atoms with E-state index in [1.807, 2.05) is 10.9 Å². The van der Waals surface area contributed by atoms with E-state index in [1.54, 1.807) is 11.5 Å². The van der Waals surface area contributed by atoms with Gasteiger partial charge in [-0.1, -0.05) is 0 Å². The van der Waals surface area contributed by atoms with Crippen molar-refractivity contribution in [2.75, 3.05) is 26.2 Å². The Balaban J connectivity index is 0.000000547. The van der Waals surface area contributed by atoms with Crippen LogP contribution in [0.1, 0.15) is 43.9 Å². The fraction of sp³-hybridized carbons (Fsp3) is 0.636. The van der Waals surface area contributed by atoms with Gasteiger partial charge in [0.2, 0.25) is 0 Å². The average Bonchev–Trinajstić information content (AvgIpc) is 3.48. The number of nitrogens with zero attached hydrogens (tertiary/aromatic N) is 5. The molecule has 0 atom stereocenters. The molecule has 2 aliphatic rings. The molecule has 2 aromatic heterocycles. The Kier molecular flexibility index (Phi) is 11.9. The van der Waals surface area contributed by atoms with Crippen LogP contribution in [0.5, 0.6) is 0 Å². The van der Waals surface area contributed by atoms with Crippen LogP contribution in [0.4, 0.5) is 0 Å². The van der Waals surface area contributed by atoms with E-state index in [0.29, 0.717) is 0 Å². The van der Waals surface area contributed by atoms with Crippen molar-refractivity contribution >= 4 is 24.5 Å². The van der Waals surface area contributed by atoms with Crippen molar-refractivity contribution in [2.24, 2.45) is 11.8 Å². The van der Waals surface area contributed by atoms with Gasteiger partial charge in [0.1, 0.15) is 0 Å². The summed E-state index contributed by atoms with van der Waals surface area (Å²) >= 11 is 1.57. The summed E-state index contributed by atoms with van der Waals surface area (Å²) in [5.41, 5.74) is 2.61. The second-order valence-corrected chi connectivity index (χ2v) is 8.79. The van der Waals surface area contributed by atoms with Crippen molar-refractivity contribution in [1.29, 1.82) is 0 Å². The van der Waals surface area contributed by atoms with E-state index in [1.165, 1.54) is 63.1 Å². The van der Waals surface area contributed by atoms with Crippen LogP contribution >= 0.6 is 11.5 Å². The molecule has 0 aliphatic carbocycles. The van der Waals surface area contributed by atoms with Crippen LogP contribution in [-0.2, 0) is 29.2 Å². The summed E-state index contributed by atoms with van der Waals surface area (Å²) < 4.78 is 6.25. The number of hydrogen-bond acceptors (Lipinski definition) is 7. The smallest absolute Gasteiger partial charge is 0.290 e. The topological polar surface area (TPSA) is 112 Å². The van der Waals surface area contributed by atoms with Crippen molar-refractivity contribution in [3.8, 4) is 0 Å². The maximum absolute atomic E-state index is 8.36. The van der Waals surface area contributed by atoms with Crippen molar-refractivity contribution in [2.45, 2.75) is 52.2 Å². The fourth-order valence-corrected chi connectivity index (χ4v) is 5.15. The predicted octanol–water partition coefficient (Wildman–Crippen LogP) is 2.89. The summed E-state index contributed by atoms with van der Waals surface area (Å²) in [6.07, 6.45) is 9.62. The first-order valence-electron chi connectivity index (χ1n) is 11.1. The summed E-state index contributed by atoms with van der Waals surface area (Å²) in [6, 6.07) is 2.17. The van der Waals surface area contributed by atoms with Crippen molar-refractivity contribution in [1.82, 2.24) is 24.0 Å². The summed E-state index contributed by atoms with van der Waals surface area (Å²) in [5, 5.41) is 20.6. The Morgan fingerprint density at radius 2 is 1.53 bits per heavy atom. The van der Waals surface area contributed by atoms with E-state index in [9.17, 15) is 0 Å². The Morgan fingerprint density at radius 3 is 1.97 bits per heavy atom. The van der Waals surface area contributed by atoms with Gasteiger partial charge in [0.25, 0.3) is 12.9 Å². The maximum Gasteiger partial charge on any atom is 0.290 e. The van der Waals surface area contributed by atoms with E-state index in [4.69, 9.17) is 19.8 Å². The van der Waals surface area contributed by atoms with Crippen molar-refractivity contribution in [3.05, 3.63) is 35.1 Å². The SMILES string of the molecule is CCn1ccc(CN2CCC(C3CCN(Cc4cnsc4)CC3)CC2)n1.O=CO.O=CO. The molecule has 0 saturated carbocycles. The Labute approximate surface area is 193 Å². The Hall–Kier alpha value is -2.30. The van der Waals surface area contributed by atoms with Crippen LogP contribution in [0.15, 0.2) is 23.8 Å². The first kappa shape index (κ1) is 26.0. The van der Waals surface area contributed by atoms with Gasteiger partial charge in [0, 0.05) is 37.4 Å². The zero-order valence-electron chi connectivity index (χ0n) is 18.8. The molecule has 2 fully saturated rings. The monoisotopic (exact) mass is 465 g/mol. The quantitative estimate of drug-likeness (QED) is 0.627. The van der Waals surface area contributed by atoms with Gasteiger partial charge in [-0.25, -0.2) is 4.37 Å². The Morgan fingerprint density at radius 1 is 1.00 bits per heavy atom. The van der Waals surface area contributed by atoms with Gasteiger partial charge in [0.15, 0.2) is 0 Å². The standard InChI is InChI=1S/C20H31N5S.2CH2O2/c1-2-25-12-7-20(22-25)15-24-10-5-19(6-11-24)18-3-8-23(9-4-18)14-17-13-21-26-16-17;2*2-1-3/h7,12-13,16,18-19H,2-6,8-11,14-15H2,1H3;2*1H,(H,2,3). The molecule has 0 amide bonds. The number of piperidine rings is 2. The molecule has 0 bridgehead atoms. The second-order valence-electron chi connectivity index (χ2n) is 8.13. The zero-order chi connectivity index (χ0) is 23.2. The van der Waals surface area contributed by atoms with E-state index in [2.05, 4.69) is 43.8 Å². The third-order valence-electron chi connectivity index (χ3n) is 6.23. The number of aromatic nitrogens is 3. The normalized spacial score (nSPS) is 18.2. The Bertz CT molecular complexity index is 748. The van der Waals surface area contributed by atoms with E-state index < -0.39 is 0 Å². The van der Waals surface area contributed by atoms with Gasteiger partial charge in [-0.3, -0.25) is 24.1 Å². The minimum Gasteiger partial charge on any atom is -0.483 e. The molecule has 9 nitrogen and oxygen atoms in total. The van der Waals surface area contributed by atoms with E-state index >= 15 is 0 Å². The van der Waals surface area contributed by atoms with Crippen molar-refractivity contribution < 1.29 is 19.8 Å². The summed E-state index contributed by atoms with van der Waals surface area (Å²) in [7, 11) is 0. The third kappa shape index (κ3) is 8.68. The van der Waals surface area contributed by atoms with Crippen LogP contribution in [0.25, 0.3) is 0 Å². The molecule has 2 aliphatic heterocycles. The molecule has 0 radical (unpaired) electrons. The lowest BCUT2D eigenvalue weighted by atomic mass is 9.78. The molecule has 0 aromatic carbocycles. The molecule has 4 rings (SSSR count). The summed E-state index contributed by atoms with van der Waals surface area (Å²) in [4.78, 5) is 21.9. The second kappa shape index (κ2) is 14.7. The van der Waals surface area contributed by atoms with Crippen LogP contribution in [-0.4, -0.2) is 73.3 Å². The number of carboxylic acid groups (broad SMARTS) is 2. The van der Waals surface area contributed by atoms with Crippen LogP contribution in [0.2, 0.25) is 0 Å². The van der Waals surface area contributed by atoms with Gasteiger partial charge < -0.3 is 10.2 Å². The van der Waals surface area contributed by atoms with Crippen LogP contribution < -0.4 is 0 Å². The largest absolute Gasteiger partial charge is 0.483 e. The molecule has 10 heteroatoms. The molecule has 2 N–H and O–H groups in total. The lowest BCUT2D eigenvalue weighted by Gasteiger charge is -2.40.